The minimum Gasteiger partial charge on any atom is -0.466 e. The Bertz CT molecular complexity index is 565. The molecule has 1 aromatic rings. The van der Waals surface area contributed by atoms with Gasteiger partial charge in [-0.3, -0.25) is 4.98 Å². The summed E-state index contributed by atoms with van der Waals surface area (Å²) in [6.45, 7) is 1.69. The van der Waals surface area contributed by atoms with Gasteiger partial charge < -0.3 is 4.74 Å². The van der Waals surface area contributed by atoms with E-state index in [9.17, 15) is 4.79 Å². The normalized spacial score (nSPS) is 10.8. The van der Waals surface area contributed by atoms with Gasteiger partial charge in [0.15, 0.2) is 0 Å². The summed E-state index contributed by atoms with van der Waals surface area (Å²) in [7, 11) is 1.17. The third-order valence-electron chi connectivity index (χ3n) is 2.00. The molecule has 0 saturated carbocycles. The van der Waals surface area contributed by atoms with Gasteiger partial charge in [-0.1, -0.05) is 28.3 Å². The molecule has 0 saturated heterocycles. The molecule has 1 heterocycles. The first kappa shape index (κ1) is 14.3. The number of aromatic nitrogens is 1. The van der Waals surface area contributed by atoms with E-state index in [0.717, 1.165) is 0 Å². The summed E-state index contributed by atoms with van der Waals surface area (Å²) >= 11 is 11.9. The second-order valence-electron chi connectivity index (χ2n) is 3.14. The number of aryl methyl sites for hydroxylation is 1. The molecule has 0 unspecified atom stereocenters. The summed E-state index contributed by atoms with van der Waals surface area (Å²) in [6, 6.07) is 0. The van der Waals surface area contributed by atoms with Gasteiger partial charge in [0.2, 0.25) is 0 Å². The van der Waals surface area contributed by atoms with E-state index in [4.69, 9.17) is 28.7 Å². The fourth-order valence-electron chi connectivity index (χ4n) is 1.09. The highest BCUT2D eigenvalue weighted by atomic mass is 35.5. The number of rotatable bonds is 3. The van der Waals surface area contributed by atoms with Crippen LogP contribution in [0.5, 0.6) is 0 Å². The van der Waals surface area contributed by atoms with Gasteiger partial charge in [-0.15, -0.1) is 0 Å². The number of carbonyl (C=O) groups excluding carboxylic acids is 1. The Morgan fingerprint density at radius 1 is 1.56 bits per heavy atom. The van der Waals surface area contributed by atoms with Crippen molar-refractivity contribution in [1.82, 2.24) is 4.98 Å². The zero-order chi connectivity index (χ0) is 13.7. The quantitative estimate of drug-likeness (QED) is 0.280. The first-order chi connectivity index (χ1) is 8.51. The van der Waals surface area contributed by atoms with Gasteiger partial charge in [0.05, 0.1) is 22.8 Å². The van der Waals surface area contributed by atoms with Crippen molar-refractivity contribution in [2.75, 3.05) is 7.11 Å². The third-order valence-corrected chi connectivity index (χ3v) is 2.97. The lowest BCUT2D eigenvalue weighted by Gasteiger charge is -2.04. The van der Waals surface area contributed by atoms with Crippen molar-refractivity contribution < 1.29 is 9.53 Å². The number of hydrogen-bond donors (Lipinski definition) is 0. The van der Waals surface area contributed by atoms with E-state index in [1.165, 1.54) is 19.4 Å². The average Bonchev–Trinajstić information content (AvgIpc) is 2.37. The highest BCUT2D eigenvalue weighted by Gasteiger charge is 2.11. The maximum Gasteiger partial charge on any atom is 0.340 e. The van der Waals surface area contributed by atoms with Crippen LogP contribution in [-0.2, 0) is 9.53 Å². The van der Waals surface area contributed by atoms with E-state index in [0.29, 0.717) is 11.3 Å². The fourth-order valence-corrected chi connectivity index (χ4v) is 1.49. The monoisotopic (exact) mass is 286 g/mol. The second-order valence-corrected chi connectivity index (χ2v) is 3.89. The van der Waals surface area contributed by atoms with E-state index >= 15 is 0 Å². The van der Waals surface area contributed by atoms with E-state index in [1.807, 2.05) is 0 Å². The van der Waals surface area contributed by atoms with Crippen molar-refractivity contribution in [2.24, 2.45) is 5.11 Å². The summed E-state index contributed by atoms with van der Waals surface area (Å²) in [5, 5.41) is 3.72. The Hall–Kier alpha value is -1.75. The summed E-state index contributed by atoms with van der Waals surface area (Å²) in [5.74, 6) is -0.777. The zero-order valence-corrected chi connectivity index (χ0v) is 11.0. The van der Waals surface area contributed by atoms with Crippen molar-refractivity contribution in [3.63, 3.8) is 0 Å². The molecule has 0 aliphatic carbocycles. The maximum absolute atomic E-state index is 11.3. The predicted molar refractivity (Wildman–Crippen MR) is 68.1 cm³/mol. The molecule has 8 heteroatoms. The minimum absolute atomic E-state index is 0.221. The molecule has 1 aromatic heterocycles. The molecule has 0 aromatic carbocycles. The minimum atomic E-state index is -0.777. The lowest BCUT2D eigenvalue weighted by molar-refractivity contribution is -0.136. The standard InChI is InChI=1S/C10H8Cl2N4O2/c1-5-8(11)9(12)6(4-14-5)3-7(15-16-13)10(17)18-2/h3-4H,1-2H3/b7-3-. The summed E-state index contributed by atoms with van der Waals surface area (Å²) in [5.41, 5.74) is 9.05. The lowest BCUT2D eigenvalue weighted by Crippen LogP contribution is -2.02. The largest absolute Gasteiger partial charge is 0.466 e. The molecule has 0 aliphatic rings. The number of nitrogens with zero attached hydrogens (tertiary/aromatic N) is 4. The van der Waals surface area contributed by atoms with Crippen molar-refractivity contribution in [1.29, 1.82) is 0 Å². The Labute approximate surface area is 113 Å². The summed E-state index contributed by atoms with van der Waals surface area (Å²) in [4.78, 5) is 17.8. The highest BCUT2D eigenvalue weighted by Crippen LogP contribution is 2.29. The molecule has 6 nitrogen and oxygen atoms in total. The molecule has 18 heavy (non-hydrogen) atoms. The zero-order valence-electron chi connectivity index (χ0n) is 9.52. The number of azide groups is 1. The first-order valence-corrected chi connectivity index (χ1v) is 5.42. The van der Waals surface area contributed by atoms with Crippen molar-refractivity contribution in [3.05, 3.63) is 43.6 Å². The number of hydrogen-bond acceptors (Lipinski definition) is 4. The molecule has 0 fully saturated rings. The molecule has 1 rings (SSSR count). The van der Waals surface area contributed by atoms with Crippen LogP contribution in [0.3, 0.4) is 0 Å². The van der Waals surface area contributed by atoms with Crippen LogP contribution in [0.1, 0.15) is 11.3 Å². The highest BCUT2D eigenvalue weighted by molar-refractivity contribution is 6.43. The molecular weight excluding hydrogens is 279 g/mol. The smallest absolute Gasteiger partial charge is 0.340 e. The van der Waals surface area contributed by atoms with Crippen LogP contribution in [0.15, 0.2) is 17.0 Å². The topological polar surface area (TPSA) is 88.0 Å². The van der Waals surface area contributed by atoms with Gasteiger partial charge in [0.1, 0.15) is 5.70 Å². The molecule has 0 spiro atoms. The first-order valence-electron chi connectivity index (χ1n) is 4.67. The number of ether oxygens (including phenoxy) is 1. The molecule has 0 atom stereocenters. The fraction of sp³-hybridized carbons (Fsp3) is 0.200. The third kappa shape index (κ3) is 3.13. The van der Waals surface area contributed by atoms with E-state index in [-0.39, 0.29) is 15.7 Å². The van der Waals surface area contributed by atoms with Crippen molar-refractivity contribution in [2.45, 2.75) is 6.92 Å². The van der Waals surface area contributed by atoms with Crippen molar-refractivity contribution >= 4 is 35.2 Å². The van der Waals surface area contributed by atoms with Gasteiger partial charge in [-0.05, 0) is 18.5 Å². The van der Waals surface area contributed by atoms with Gasteiger partial charge in [-0.25, -0.2) is 4.79 Å². The lowest BCUT2D eigenvalue weighted by atomic mass is 10.2. The van der Waals surface area contributed by atoms with Crippen LogP contribution >= 0.6 is 23.2 Å². The van der Waals surface area contributed by atoms with Gasteiger partial charge >= 0.3 is 5.97 Å². The number of carbonyl (C=O) groups is 1. The Morgan fingerprint density at radius 3 is 2.78 bits per heavy atom. The molecule has 0 aliphatic heterocycles. The molecular formula is C10H8Cl2N4O2. The van der Waals surface area contributed by atoms with Crippen LogP contribution in [0, 0.1) is 6.92 Å². The van der Waals surface area contributed by atoms with Gasteiger partial charge in [0, 0.05) is 16.7 Å². The molecule has 0 amide bonds. The van der Waals surface area contributed by atoms with Crippen LogP contribution in [0.25, 0.3) is 16.5 Å². The summed E-state index contributed by atoms with van der Waals surface area (Å²) in [6.07, 6.45) is 2.67. The number of halogens is 2. The Balaban J connectivity index is 3.33. The molecule has 0 N–H and O–H groups in total. The van der Waals surface area contributed by atoms with Crippen LogP contribution in [0.4, 0.5) is 0 Å². The van der Waals surface area contributed by atoms with Crippen molar-refractivity contribution in [3.8, 4) is 0 Å². The number of pyridine rings is 1. The number of esters is 1. The second kappa shape index (κ2) is 6.26. The molecule has 94 valence electrons. The predicted octanol–water partition coefficient (Wildman–Crippen LogP) is 3.52. The maximum atomic E-state index is 11.3. The summed E-state index contributed by atoms with van der Waals surface area (Å²) < 4.78 is 4.46. The van der Waals surface area contributed by atoms with E-state index in [2.05, 4.69) is 19.7 Å². The van der Waals surface area contributed by atoms with Crippen LogP contribution < -0.4 is 0 Å². The van der Waals surface area contributed by atoms with E-state index < -0.39 is 5.97 Å². The SMILES string of the molecule is COC(=O)/C(=C/c1cnc(C)c(Cl)c1Cl)N=[N+]=[N-]. The van der Waals surface area contributed by atoms with Crippen LogP contribution in [-0.4, -0.2) is 18.1 Å². The van der Waals surface area contributed by atoms with Gasteiger partial charge in [-0.2, -0.15) is 0 Å². The Morgan fingerprint density at radius 2 is 2.22 bits per heavy atom. The molecule has 0 bridgehead atoms. The molecule has 0 radical (unpaired) electrons. The number of methoxy groups -OCH3 is 1. The van der Waals surface area contributed by atoms with Gasteiger partial charge in [0.25, 0.3) is 0 Å². The average molecular weight is 287 g/mol. The van der Waals surface area contributed by atoms with E-state index in [1.54, 1.807) is 6.92 Å². The Kier molecular flexibility index (Phi) is 4.97. The van der Waals surface area contributed by atoms with Crippen LogP contribution in [0.2, 0.25) is 10.0 Å².